The summed E-state index contributed by atoms with van der Waals surface area (Å²) in [6.45, 7) is 3.19. The number of quaternary nitrogens is 1. The molecule has 0 fully saturated rings. The van der Waals surface area contributed by atoms with Crippen molar-refractivity contribution in [3.05, 3.63) is 64.4 Å². The number of aromatic nitrogens is 2. The van der Waals surface area contributed by atoms with Gasteiger partial charge in [-0.1, -0.05) is 36.4 Å². The topological polar surface area (TPSA) is 14.3 Å². The van der Waals surface area contributed by atoms with Crippen molar-refractivity contribution in [2.24, 2.45) is 7.05 Å². The number of rotatable bonds is 2. The van der Waals surface area contributed by atoms with Gasteiger partial charge in [-0.2, -0.15) is 0 Å². The maximum Gasteiger partial charge on any atom is 0.184 e. The number of hydrogen-bond acceptors (Lipinski definition) is 1. The van der Waals surface area contributed by atoms with Crippen LogP contribution in [-0.4, -0.2) is 15.7 Å². The molecule has 1 unspecified atom stereocenters. The van der Waals surface area contributed by atoms with E-state index in [1.54, 1.807) is 4.90 Å². The van der Waals surface area contributed by atoms with Gasteiger partial charge in [-0.3, -0.25) is 4.57 Å². The maximum atomic E-state index is 5.65. The van der Waals surface area contributed by atoms with Crippen LogP contribution in [0.1, 0.15) is 11.1 Å². The number of nitrogens with zero attached hydrogens (tertiary/aromatic N) is 2. The second-order valence-electron chi connectivity index (χ2n) is 6.11. The van der Waals surface area contributed by atoms with Crippen molar-refractivity contribution in [1.82, 2.24) is 9.13 Å². The Balaban J connectivity index is 1.68. The first-order valence-corrected chi connectivity index (χ1v) is 8.19. The summed E-state index contributed by atoms with van der Waals surface area (Å²) in [6, 6.07) is 17.3. The summed E-state index contributed by atoms with van der Waals surface area (Å²) >= 11 is 5.65. The van der Waals surface area contributed by atoms with Crippen molar-refractivity contribution in [3.63, 3.8) is 0 Å². The summed E-state index contributed by atoms with van der Waals surface area (Å²) in [5, 5.41) is 0. The van der Waals surface area contributed by atoms with Crippen LogP contribution >= 0.6 is 12.2 Å². The maximum absolute atomic E-state index is 5.65. The molecule has 0 bridgehead atoms. The minimum atomic E-state index is 0.910. The van der Waals surface area contributed by atoms with Gasteiger partial charge in [0, 0.05) is 19.0 Å². The van der Waals surface area contributed by atoms with Crippen molar-refractivity contribution in [3.8, 4) is 0 Å². The van der Waals surface area contributed by atoms with Gasteiger partial charge in [-0.25, -0.2) is 0 Å². The van der Waals surface area contributed by atoms with Crippen molar-refractivity contribution in [2.75, 3.05) is 6.54 Å². The SMILES string of the molecule is Cn1c(=S)n(C[NH+]2CCc3ccccc3C2)c2ccccc21. The molecule has 0 saturated carbocycles. The number of aryl methyl sites for hydroxylation is 1. The Morgan fingerprint density at radius 2 is 1.68 bits per heavy atom. The Hall–Kier alpha value is -1.91. The molecule has 112 valence electrons. The van der Waals surface area contributed by atoms with E-state index in [1.807, 2.05) is 0 Å². The zero-order valence-corrected chi connectivity index (χ0v) is 13.6. The van der Waals surface area contributed by atoms with E-state index in [0.29, 0.717) is 0 Å². The number of nitrogens with one attached hydrogen (secondary N) is 1. The molecule has 0 spiro atoms. The Bertz CT molecular complexity index is 891. The lowest BCUT2D eigenvalue weighted by Gasteiger charge is -2.26. The fourth-order valence-corrected chi connectivity index (χ4v) is 3.78. The summed E-state index contributed by atoms with van der Waals surface area (Å²) in [4.78, 5) is 1.58. The molecular weight excluding hydrogens is 290 g/mol. The van der Waals surface area contributed by atoms with Crippen LogP contribution in [0.4, 0.5) is 0 Å². The molecule has 1 aliphatic rings. The van der Waals surface area contributed by atoms with Crippen molar-refractivity contribution >= 4 is 23.3 Å². The fourth-order valence-electron chi connectivity index (χ4n) is 3.52. The normalized spacial score (nSPS) is 17.6. The van der Waals surface area contributed by atoms with Crippen molar-refractivity contribution in [1.29, 1.82) is 0 Å². The minimum absolute atomic E-state index is 0.910. The molecule has 2 heterocycles. The first kappa shape index (κ1) is 13.7. The molecule has 1 aliphatic heterocycles. The molecule has 3 nitrogen and oxygen atoms in total. The molecule has 3 aromatic rings. The van der Waals surface area contributed by atoms with Gasteiger partial charge in [0.25, 0.3) is 0 Å². The van der Waals surface area contributed by atoms with E-state index in [1.165, 1.54) is 28.7 Å². The quantitative estimate of drug-likeness (QED) is 0.718. The van der Waals surface area contributed by atoms with Gasteiger partial charge in [0.1, 0.15) is 6.54 Å². The Labute approximate surface area is 135 Å². The van der Waals surface area contributed by atoms with E-state index in [9.17, 15) is 0 Å². The molecule has 4 heteroatoms. The van der Waals surface area contributed by atoms with Gasteiger partial charge in [0.2, 0.25) is 0 Å². The molecule has 0 saturated heterocycles. The summed E-state index contributed by atoms with van der Waals surface area (Å²) < 4.78 is 5.31. The van der Waals surface area contributed by atoms with Gasteiger partial charge < -0.3 is 9.47 Å². The van der Waals surface area contributed by atoms with Crippen molar-refractivity contribution < 1.29 is 4.90 Å². The number of benzene rings is 2. The molecule has 1 aromatic heterocycles. The summed E-state index contributed by atoms with van der Waals surface area (Å²) in [6.07, 6.45) is 1.16. The van der Waals surface area contributed by atoms with Crippen LogP contribution in [0.15, 0.2) is 48.5 Å². The van der Waals surface area contributed by atoms with Crippen molar-refractivity contribution in [2.45, 2.75) is 19.6 Å². The van der Waals surface area contributed by atoms with Gasteiger partial charge in [-0.15, -0.1) is 0 Å². The predicted molar refractivity (Wildman–Crippen MR) is 91.4 cm³/mol. The molecule has 0 amide bonds. The highest BCUT2D eigenvalue weighted by atomic mass is 32.1. The number of hydrogen-bond donors (Lipinski definition) is 1. The molecule has 22 heavy (non-hydrogen) atoms. The minimum Gasteiger partial charge on any atom is -0.320 e. The molecule has 1 N–H and O–H groups in total. The first-order valence-electron chi connectivity index (χ1n) is 7.78. The van der Waals surface area contributed by atoms with Crippen LogP contribution in [-0.2, 0) is 26.7 Å². The van der Waals surface area contributed by atoms with Crippen LogP contribution in [0.2, 0.25) is 0 Å². The highest BCUT2D eigenvalue weighted by molar-refractivity contribution is 7.71. The number of para-hydroxylation sites is 2. The van der Waals surface area contributed by atoms with Crippen LogP contribution in [0.25, 0.3) is 11.0 Å². The molecular formula is C18H20N3S+. The average Bonchev–Trinajstić information content (AvgIpc) is 2.80. The van der Waals surface area contributed by atoms with Crippen LogP contribution in [0.3, 0.4) is 0 Å². The average molecular weight is 310 g/mol. The third-order valence-corrected chi connectivity index (χ3v) is 5.23. The molecule has 0 radical (unpaired) electrons. The van der Waals surface area contributed by atoms with Crippen LogP contribution in [0.5, 0.6) is 0 Å². The second-order valence-corrected chi connectivity index (χ2v) is 6.48. The predicted octanol–water partition coefficient (Wildman–Crippen LogP) is 2.31. The van der Waals surface area contributed by atoms with Gasteiger partial charge >= 0.3 is 0 Å². The van der Waals surface area contributed by atoms with Gasteiger partial charge in [0.05, 0.1) is 17.6 Å². The zero-order chi connectivity index (χ0) is 15.1. The van der Waals surface area contributed by atoms with Gasteiger partial charge in [-0.05, 0) is 29.9 Å². The monoisotopic (exact) mass is 310 g/mol. The summed E-state index contributed by atoms with van der Waals surface area (Å²) in [5.74, 6) is 0. The van der Waals surface area contributed by atoms with E-state index in [4.69, 9.17) is 12.2 Å². The van der Waals surface area contributed by atoms with E-state index >= 15 is 0 Å². The molecule has 4 rings (SSSR count). The Kier molecular flexibility index (Phi) is 3.36. The number of imidazole rings is 1. The summed E-state index contributed by atoms with van der Waals surface area (Å²) in [5.41, 5.74) is 5.44. The lowest BCUT2D eigenvalue weighted by Crippen LogP contribution is -3.11. The third-order valence-electron chi connectivity index (χ3n) is 4.74. The van der Waals surface area contributed by atoms with Crippen LogP contribution < -0.4 is 4.90 Å². The third kappa shape index (κ3) is 2.19. The van der Waals surface area contributed by atoms with E-state index in [0.717, 1.165) is 24.4 Å². The van der Waals surface area contributed by atoms with E-state index in [-0.39, 0.29) is 0 Å². The fraction of sp³-hybridized carbons (Fsp3) is 0.278. The Morgan fingerprint density at radius 3 is 2.50 bits per heavy atom. The highest BCUT2D eigenvalue weighted by Gasteiger charge is 2.20. The Morgan fingerprint density at radius 1 is 1.00 bits per heavy atom. The van der Waals surface area contributed by atoms with Crippen LogP contribution in [0, 0.1) is 4.77 Å². The second kappa shape index (κ2) is 5.38. The lowest BCUT2D eigenvalue weighted by atomic mass is 10.0. The number of fused-ring (bicyclic) bond motifs is 2. The first-order chi connectivity index (χ1) is 10.7. The molecule has 2 aromatic carbocycles. The van der Waals surface area contributed by atoms with E-state index in [2.05, 4.69) is 64.7 Å². The van der Waals surface area contributed by atoms with Gasteiger partial charge in [0.15, 0.2) is 11.4 Å². The van der Waals surface area contributed by atoms with E-state index < -0.39 is 0 Å². The highest BCUT2D eigenvalue weighted by Crippen LogP contribution is 2.16. The molecule has 1 atom stereocenters. The zero-order valence-electron chi connectivity index (χ0n) is 12.7. The lowest BCUT2D eigenvalue weighted by molar-refractivity contribution is -0.938. The largest absolute Gasteiger partial charge is 0.320 e. The smallest absolute Gasteiger partial charge is 0.184 e. The summed E-state index contributed by atoms with van der Waals surface area (Å²) in [7, 11) is 2.06. The molecule has 0 aliphatic carbocycles. The standard InChI is InChI=1S/C18H19N3S/c1-19-16-8-4-5-9-17(16)21(18(19)22)13-20-11-10-14-6-2-3-7-15(14)12-20/h2-9H,10-13H2,1H3/p+1.